The SMILES string of the molecule is C=CC(C)NCc1ccc2cn[nH]c2c1. The molecule has 78 valence electrons. The standard InChI is InChI=1S/C12H15N3/c1-3-9(2)13-7-10-4-5-11-8-14-15-12(11)6-10/h3-6,8-9,13H,1,7H2,2H3,(H,14,15). The fourth-order valence-electron chi connectivity index (χ4n) is 1.46. The number of hydrogen-bond donors (Lipinski definition) is 2. The van der Waals surface area contributed by atoms with Gasteiger partial charge in [0.25, 0.3) is 0 Å². The van der Waals surface area contributed by atoms with Crippen LogP contribution in [-0.4, -0.2) is 16.2 Å². The van der Waals surface area contributed by atoms with Crippen LogP contribution in [0.2, 0.25) is 0 Å². The fourth-order valence-corrected chi connectivity index (χ4v) is 1.46. The van der Waals surface area contributed by atoms with Crippen LogP contribution in [0.1, 0.15) is 12.5 Å². The molecule has 1 heterocycles. The molecule has 0 bridgehead atoms. The van der Waals surface area contributed by atoms with Crippen molar-refractivity contribution in [2.75, 3.05) is 0 Å². The van der Waals surface area contributed by atoms with Crippen molar-refractivity contribution in [3.8, 4) is 0 Å². The maximum Gasteiger partial charge on any atom is 0.0653 e. The molecule has 2 N–H and O–H groups in total. The minimum absolute atomic E-state index is 0.336. The van der Waals surface area contributed by atoms with Crippen LogP contribution in [0.15, 0.2) is 37.1 Å². The molecule has 1 aromatic heterocycles. The van der Waals surface area contributed by atoms with Crippen LogP contribution in [-0.2, 0) is 6.54 Å². The van der Waals surface area contributed by atoms with E-state index in [-0.39, 0.29) is 0 Å². The van der Waals surface area contributed by atoms with Crippen molar-refractivity contribution >= 4 is 10.9 Å². The van der Waals surface area contributed by atoms with Gasteiger partial charge in [0.15, 0.2) is 0 Å². The van der Waals surface area contributed by atoms with Gasteiger partial charge < -0.3 is 5.32 Å². The lowest BCUT2D eigenvalue weighted by Gasteiger charge is -2.08. The van der Waals surface area contributed by atoms with E-state index in [0.29, 0.717) is 6.04 Å². The molecule has 3 heteroatoms. The molecule has 0 aliphatic heterocycles. The zero-order valence-corrected chi connectivity index (χ0v) is 8.83. The van der Waals surface area contributed by atoms with Crippen molar-refractivity contribution in [3.63, 3.8) is 0 Å². The first-order valence-electron chi connectivity index (χ1n) is 5.07. The molecule has 3 nitrogen and oxygen atoms in total. The number of H-pyrrole nitrogens is 1. The van der Waals surface area contributed by atoms with E-state index in [2.05, 4.69) is 47.2 Å². The highest BCUT2D eigenvalue weighted by molar-refractivity contribution is 5.78. The Morgan fingerprint density at radius 1 is 1.60 bits per heavy atom. The van der Waals surface area contributed by atoms with Gasteiger partial charge in [0.05, 0.1) is 11.7 Å². The molecule has 0 saturated heterocycles. The summed E-state index contributed by atoms with van der Waals surface area (Å²) in [6.45, 7) is 6.67. The van der Waals surface area contributed by atoms with Crippen molar-refractivity contribution in [1.29, 1.82) is 0 Å². The predicted octanol–water partition coefficient (Wildman–Crippen LogP) is 2.23. The molecule has 0 saturated carbocycles. The lowest BCUT2D eigenvalue weighted by molar-refractivity contribution is 0.634. The second-order valence-electron chi connectivity index (χ2n) is 3.70. The Balaban J connectivity index is 2.11. The van der Waals surface area contributed by atoms with E-state index in [1.54, 1.807) is 0 Å². The Kier molecular flexibility index (Phi) is 2.83. The van der Waals surface area contributed by atoms with Crippen LogP contribution in [0.3, 0.4) is 0 Å². The Hall–Kier alpha value is -1.61. The third-order valence-electron chi connectivity index (χ3n) is 2.49. The van der Waals surface area contributed by atoms with Crippen molar-refractivity contribution in [2.45, 2.75) is 19.5 Å². The van der Waals surface area contributed by atoms with Crippen molar-refractivity contribution in [2.24, 2.45) is 0 Å². The molecule has 0 amide bonds. The van der Waals surface area contributed by atoms with Crippen molar-refractivity contribution in [3.05, 3.63) is 42.6 Å². The molecule has 0 fully saturated rings. The summed E-state index contributed by atoms with van der Waals surface area (Å²) in [5.74, 6) is 0. The van der Waals surface area contributed by atoms with Gasteiger partial charge in [-0.1, -0.05) is 18.2 Å². The Labute approximate surface area is 89.2 Å². The van der Waals surface area contributed by atoms with Gasteiger partial charge in [-0.05, 0) is 18.6 Å². The first-order valence-corrected chi connectivity index (χ1v) is 5.07. The highest BCUT2D eigenvalue weighted by atomic mass is 15.1. The third-order valence-corrected chi connectivity index (χ3v) is 2.49. The van der Waals surface area contributed by atoms with Crippen LogP contribution in [0.25, 0.3) is 10.9 Å². The predicted molar refractivity (Wildman–Crippen MR) is 62.6 cm³/mol. The summed E-state index contributed by atoms with van der Waals surface area (Å²) in [5, 5.41) is 11.5. The number of fused-ring (bicyclic) bond motifs is 1. The maximum atomic E-state index is 3.99. The third kappa shape index (κ3) is 2.25. The minimum atomic E-state index is 0.336. The minimum Gasteiger partial charge on any atom is -0.307 e. The zero-order chi connectivity index (χ0) is 10.7. The highest BCUT2D eigenvalue weighted by Crippen LogP contribution is 2.12. The van der Waals surface area contributed by atoms with E-state index in [1.807, 2.05) is 12.3 Å². The monoisotopic (exact) mass is 201 g/mol. The lowest BCUT2D eigenvalue weighted by atomic mass is 10.1. The molecule has 1 atom stereocenters. The average Bonchev–Trinajstić information content (AvgIpc) is 2.72. The number of benzene rings is 1. The van der Waals surface area contributed by atoms with E-state index < -0.39 is 0 Å². The van der Waals surface area contributed by atoms with Gasteiger partial charge in [0.2, 0.25) is 0 Å². The number of hydrogen-bond acceptors (Lipinski definition) is 2. The van der Waals surface area contributed by atoms with Gasteiger partial charge >= 0.3 is 0 Å². The van der Waals surface area contributed by atoms with Crippen LogP contribution in [0.5, 0.6) is 0 Å². The summed E-state index contributed by atoms with van der Waals surface area (Å²) in [7, 11) is 0. The van der Waals surface area contributed by atoms with Gasteiger partial charge in [-0.2, -0.15) is 5.10 Å². The second kappa shape index (κ2) is 4.28. The second-order valence-corrected chi connectivity index (χ2v) is 3.70. The van der Waals surface area contributed by atoms with E-state index in [1.165, 1.54) is 5.56 Å². The van der Waals surface area contributed by atoms with Gasteiger partial charge in [-0.3, -0.25) is 5.10 Å². The number of rotatable bonds is 4. The van der Waals surface area contributed by atoms with Crippen LogP contribution < -0.4 is 5.32 Å². The number of aromatic nitrogens is 2. The van der Waals surface area contributed by atoms with E-state index in [0.717, 1.165) is 17.4 Å². The van der Waals surface area contributed by atoms with Crippen LogP contribution >= 0.6 is 0 Å². The molecular formula is C12H15N3. The molecule has 2 rings (SSSR count). The lowest BCUT2D eigenvalue weighted by Crippen LogP contribution is -2.22. The summed E-state index contributed by atoms with van der Waals surface area (Å²) in [4.78, 5) is 0. The molecule has 1 aromatic carbocycles. The number of nitrogens with zero attached hydrogens (tertiary/aromatic N) is 1. The van der Waals surface area contributed by atoms with E-state index >= 15 is 0 Å². The van der Waals surface area contributed by atoms with Gasteiger partial charge in [0.1, 0.15) is 0 Å². The highest BCUT2D eigenvalue weighted by Gasteiger charge is 1.99. The first kappa shape index (κ1) is 9.93. The zero-order valence-electron chi connectivity index (χ0n) is 8.83. The number of aromatic amines is 1. The van der Waals surface area contributed by atoms with Gasteiger partial charge in [0, 0.05) is 18.0 Å². The van der Waals surface area contributed by atoms with Crippen molar-refractivity contribution in [1.82, 2.24) is 15.5 Å². The Bertz CT molecular complexity index is 459. The average molecular weight is 201 g/mol. The number of nitrogens with one attached hydrogen (secondary N) is 2. The molecule has 0 aliphatic carbocycles. The van der Waals surface area contributed by atoms with Gasteiger partial charge in [-0.25, -0.2) is 0 Å². The fraction of sp³-hybridized carbons (Fsp3) is 0.250. The molecule has 2 aromatic rings. The van der Waals surface area contributed by atoms with Crippen molar-refractivity contribution < 1.29 is 0 Å². The summed E-state index contributed by atoms with van der Waals surface area (Å²) in [6.07, 6.45) is 3.73. The smallest absolute Gasteiger partial charge is 0.0653 e. The largest absolute Gasteiger partial charge is 0.307 e. The summed E-state index contributed by atoms with van der Waals surface area (Å²) in [5.41, 5.74) is 2.33. The van der Waals surface area contributed by atoms with E-state index in [4.69, 9.17) is 0 Å². The van der Waals surface area contributed by atoms with E-state index in [9.17, 15) is 0 Å². The molecule has 1 unspecified atom stereocenters. The Morgan fingerprint density at radius 2 is 2.47 bits per heavy atom. The summed E-state index contributed by atoms with van der Waals surface area (Å²) in [6, 6.07) is 6.64. The first-order chi connectivity index (χ1) is 7.29. The molecule has 0 aliphatic rings. The quantitative estimate of drug-likeness (QED) is 0.745. The summed E-state index contributed by atoms with van der Waals surface area (Å²) < 4.78 is 0. The molecule has 0 radical (unpaired) electrons. The summed E-state index contributed by atoms with van der Waals surface area (Å²) >= 11 is 0. The van der Waals surface area contributed by atoms with Gasteiger partial charge in [-0.15, -0.1) is 6.58 Å². The topological polar surface area (TPSA) is 40.7 Å². The van der Waals surface area contributed by atoms with Crippen LogP contribution in [0, 0.1) is 0 Å². The van der Waals surface area contributed by atoms with Crippen LogP contribution in [0.4, 0.5) is 0 Å². The normalized spacial score (nSPS) is 12.9. The molecule has 0 spiro atoms. The maximum absolute atomic E-state index is 3.99. The molecular weight excluding hydrogens is 186 g/mol. The molecule has 15 heavy (non-hydrogen) atoms. The Morgan fingerprint density at radius 3 is 3.27 bits per heavy atom.